The zero-order valence-electron chi connectivity index (χ0n) is 6.52. The molecule has 0 aromatic rings. The van der Waals surface area contributed by atoms with Crippen LogP contribution in [0.15, 0.2) is 0 Å². The maximum absolute atomic E-state index is 3.42. The highest BCUT2D eigenvalue weighted by atomic mass is 15.2. The Bertz CT molecular complexity index is 82.9. The monoisotopic (exact) mass is 128 g/mol. The molecule has 0 radical (unpaired) electrons. The lowest BCUT2D eigenvalue weighted by Gasteiger charge is -2.35. The molecular formula is C7H16N2. The summed E-state index contributed by atoms with van der Waals surface area (Å²) in [5.41, 5.74) is 0. The lowest BCUT2D eigenvalue weighted by atomic mass is 10.1. The molecule has 1 N–H and O–H groups in total. The summed E-state index contributed by atoms with van der Waals surface area (Å²) in [7, 11) is 2.18. The van der Waals surface area contributed by atoms with Gasteiger partial charge in [0.2, 0.25) is 0 Å². The van der Waals surface area contributed by atoms with Gasteiger partial charge in [-0.15, -0.1) is 0 Å². The van der Waals surface area contributed by atoms with Crippen molar-refractivity contribution in [3.63, 3.8) is 0 Å². The van der Waals surface area contributed by atoms with Gasteiger partial charge in [-0.05, 0) is 20.9 Å². The average molecular weight is 128 g/mol. The van der Waals surface area contributed by atoms with Crippen LogP contribution >= 0.6 is 0 Å². The summed E-state index contributed by atoms with van der Waals surface area (Å²) in [6, 6.07) is 1.35. The van der Waals surface area contributed by atoms with Crippen LogP contribution in [0.25, 0.3) is 0 Å². The maximum Gasteiger partial charge on any atom is 0.0215 e. The van der Waals surface area contributed by atoms with Gasteiger partial charge >= 0.3 is 0 Å². The van der Waals surface area contributed by atoms with Gasteiger partial charge in [-0.2, -0.15) is 0 Å². The first kappa shape index (κ1) is 7.03. The zero-order chi connectivity index (χ0) is 6.85. The fourth-order valence-corrected chi connectivity index (χ4v) is 1.22. The Balaban J connectivity index is 2.41. The minimum Gasteiger partial charge on any atom is -0.311 e. The summed E-state index contributed by atoms with van der Waals surface area (Å²) in [5.74, 6) is 0. The van der Waals surface area contributed by atoms with Crippen molar-refractivity contribution in [2.75, 3.05) is 20.1 Å². The highest BCUT2D eigenvalue weighted by molar-refractivity contribution is 4.80. The molecule has 0 unspecified atom stereocenters. The van der Waals surface area contributed by atoms with Gasteiger partial charge in [0.05, 0.1) is 0 Å². The third-order valence-electron chi connectivity index (χ3n) is 2.35. The van der Waals surface area contributed by atoms with Crippen molar-refractivity contribution in [3.05, 3.63) is 0 Å². The molecule has 1 rings (SSSR count). The van der Waals surface area contributed by atoms with E-state index in [4.69, 9.17) is 0 Å². The molecule has 9 heavy (non-hydrogen) atoms. The van der Waals surface area contributed by atoms with Crippen molar-refractivity contribution >= 4 is 0 Å². The van der Waals surface area contributed by atoms with Gasteiger partial charge in [0.25, 0.3) is 0 Å². The predicted octanol–water partition coefficient (Wildman–Crippen LogP) is 0.298. The van der Waals surface area contributed by atoms with E-state index in [1.165, 1.54) is 6.54 Å². The van der Waals surface area contributed by atoms with Gasteiger partial charge in [0, 0.05) is 25.2 Å². The van der Waals surface area contributed by atoms with E-state index in [9.17, 15) is 0 Å². The van der Waals surface area contributed by atoms with Gasteiger partial charge in [-0.3, -0.25) is 0 Å². The number of nitrogens with zero attached hydrogens (tertiary/aromatic N) is 1. The fourth-order valence-electron chi connectivity index (χ4n) is 1.22. The van der Waals surface area contributed by atoms with E-state index in [-0.39, 0.29) is 0 Å². The predicted molar refractivity (Wildman–Crippen MR) is 39.6 cm³/mol. The Labute approximate surface area is 57.2 Å². The normalized spacial score (nSPS) is 39.0. The van der Waals surface area contributed by atoms with Gasteiger partial charge in [0.1, 0.15) is 0 Å². The van der Waals surface area contributed by atoms with Crippen LogP contribution in [0.4, 0.5) is 0 Å². The Morgan fingerprint density at radius 1 is 1.44 bits per heavy atom. The van der Waals surface area contributed by atoms with Crippen LogP contribution in [-0.4, -0.2) is 37.1 Å². The van der Waals surface area contributed by atoms with E-state index in [1.807, 2.05) is 0 Å². The van der Waals surface area contributed by atoms with Crippen molar-refractivity contribution in [1.29, 1.82) is 0 Å². The van der Waals surface area contributed by atoms with Gasteiger partial charge in [0.15, 0.2) is 0 Å². The van der Waals surface area contributed by atoms with Crippen molar-refractivity contribution in [2.24, 2.45) is 0 Å². The van der Waals surface area contributed by atoms with Crippen LogP contribution < -0.4 is 5.32 Å². The van der Waals surface area contributed by atoms with Gasteiger partial charge < -0.3 is 10.2 Å². The molecule has 1 aliphatic heterocycles. The summed E-state index contributed by atoms with van der Waals surface area (Å²) in [5, 5.41) is 3.42. The van der Waals surface area contributed by atoms with Crippen LogP contribution in [0.1, 0.15) is 13.8 Å². The molecule has 2 nitrogen and oxygen atoms in total. The number of likely N-dealkylation sites (N-methyl/N-ethyl adjacent to an activating group) is 1. The molecule has 54 valence electrons. The zero-order valence-corrected chi connectivity index (χ0v) is 6.52. The van der Waals surface area contributed by atoms with Crippen LogP contribution in [0, 0.1) is 0 Å². The minimum absolute atomic E-state index is 0.656. The SMILES string of the molecule is C[C@@H]1NCCN(C)[C@H]1C. The first-order valence-electron chi connectivity index (χ1n) is 3.65. The molecule has 2 atom stereocenters. The highest BCUT2D eigenvalue weighted by Crippen LogP contribution is 2.04. The van der Waals surface area contributed by atoms with Crippen molar-refractivity contribution in [3.8, 4) is 0 Å². The maximum atomic E-state index is 3.42. The molecule has 0 aromatic heterocycles. The molecule has 1 aliphatic rings. The molecule has 0 bridgehead atoms. The third kappa shape index (κ3) is 1.43. The van der Waals surface area contributed by atoms with Crippen molar-refractivity contribution < 1.29 is 0 Å². The lowest BCUT2D eigenvalue weighted by molar-refractivity contribution is 0.172. The Hall–Kier alpha value is -0.0800. The van der Waals surface area contributed by atoms with E-state index in [1.54, 1.807) is 0 Å². The van der Waals surface area contributed by atoms with E-state index < -0.39 is 0 Å². The standard InChI is InChI=1S/C7H16N2/c1-6-7(2)9(3)5-4-8-6/h6-8H,4-5H2,1-3H3/t6-,7-/m0/s1. The molecule has 1 heterocycles. The molecule has 0 saturated carbocycles. The Morgan fingerprint density at radius 3 is 2.56 bits per heavy atom. The molecular weight excluding hydrogens is 112 g/mol. The molecule has 0 amide bonds. The van der Waals surface area contributed by atoms with E-state index >= 15 is 0 Å². The number of rotatable bonds is 0. The highest BCUT2D eigenvalue weighted by Gasteiger charge is 2.19. The quantitative estimate of drug-likeness (QED) is 0.504. The minimum atomic E-state index is 0.656. The summed E-state index contributed by atoms with van der Waals surface area (Å²) in [6.07, 6.45) is 0. The first-order chi connectivity index (χ1) is 4.22. The van der Waals surface area contributed by atoms with Crippen molar-refractivity contribution in [1.82, 2.24) is 10.2 Å². The summed E-state index contributed by atoms with van der Waals surface area (Å²) in [6.45, 7) is 6.82. The third-order valence-corrected chi connectivity index (χ3v) is 2.35. The van der Waals surface area contributed by atoms with E-state index in [0.29, 0.717) is 12.1 Å². The molecule has 0 aromatic carbocycles. The topological polar surface area (TPSA) is 15.3 Å². The summed E-state index contributed by atoms with van der Waals surface area (Å²) in [4.78, 5) is 2.39. The smallest absolute Gasteiger partial charge is 0.0215 e. The molecule has 0 spiro atoms. The Morgan fingerprint density at radius 2 is 2.11 bits per heavy atom. The summed E-state index contributed by atoms with van der Waals surface area (Å²) < 4.78 is 0. The van der Waals surface area contributed by atoms with Crippen LogP contribution in [0.2, 0.25) is 0 Å². The van der Waals surface area contributed by atoms with Crippen LogP contribution in [0.3, 0.4) is 0 Å². The van der Waals surface area contributed by atoms with Crippen LogP contribution in [0.5, 0.6) is 0 Å². The fraction of sp³-hybridized carbons (Fsp3) is 1.00. The number of hydrogen-bond acceptors (Lipinski definition) is 2. The molecule has 1 saturated heterocycles. The number of nitrogens with one attached hydrogen (secondary N) is 1. The molecule has 1 fully saturated rings. The second-order valence-corrected chi connectivity index (χ2v) is 2.96. The second-order valence-electron chi connectivity index (χ2n) is 2.96. The largest absolute Gasteiger partial charge is 0.311 e. The van der Waals surface area contributed by atoms with Gasteiger partial charge in [-0.25, -0.2) is 0 Å². The second kappa shape index (κ2) is 2.67. The van der Waals surface area contributed by atoms with E-state index in [2.05, 4.69) is 31.1 Å². The number of piperazine rings is 1. The number of hydrogen-bond donors (Lipinski definition) is 1. The lowest BCUT2D eigenvalue weighted by Crippen LogP contribution is -2.53. The summed E-state index contributed by atoms with van der Waals surface area (Å²) >= 11 is 0. The van der Waals surface area contributed by atoms with E-state index in [0.717, 1.165) is 6.54 Å². The molecule has 2 heteroatoms. The van der Waals surface area contributed by atoms with Crippen molar-refractivity contribution in [2.45, 2.75) is 25.9 Å². The Kier molecular flexibility index (Phi) is 2.09. The average Bonchev–Trinajstić information content (AvgIpc) is 1.83. The first-order valence-corrected chi connectivity index (χ1v) is 3.65. The van der Waals surface area contributed by atoms with Crippen LogP contribution in [-0.2, 0) is 0 Å². The molecule has 0 aliphatic carbocycles. The van der Waals surface area contributed by atoms with Gasteiger partial charge in [-0.1, -0.05) is 0 Å².